The molecular formula is C16H25N2O+. The SMILES string of the molecule is Cc1ccc(NC(=O)C[N+](C)(C)C2CCCC2)cc1. The van der Waals surface area contributed by atoms with Crippen LogP contribution < -0.4 is 5.32 Å². The lowest BCUT2D eigenvalue weighted by Gasteiger charge is -2.35. The van der Waals surface area contributed by atoms with E-state index in [2.05, 4.69) is 19.4 Å². The Morgan fingerprint density at radius 3 is 2.37 bits per heavy atom. The Hall–Kier alpha value is -1.35. The van der Waals surface area contributed by atoms with Crippen molar-refractivity contribution < 1.29 is 9.28 Å². The second-order valence-electron chi connectivity index (χ2n) is 6.29. The predicted molar refractivity (Wildman–Crippen MR) is 79.0 cm³/mol. The number of nitrogens with one attached hydrogen (secondary N) is 1. The number of anilines is 1. The molecule has 0 spiro atoms. The molecule has 0 unspecified atom stereocenters. The van der Waals surface area contributed by atoms with Gasteiger partial charge in [0.25, 0.3) is 5.91 Å². The minimum Gasteiger partial charge on any atom is -0.321 e. The first-order chi connectivity index (χ1) is 8.97. The Balaban J connectivity index is 1.91. The van der Waals surface area contributed by atoms with E-state index in [1.165, 1.54) is 31.2 Å². The average molecular weight is 261 g/mol. The lowest BCUT2D eigenvalue weighted by molar-refractivity contribution is -0.906. The standard InChI is InChI=1S/C16H24N2O/c1-13-8-10-14(11-9-13)17-16(19)12-18(2,3)15-6-4-5-7-15/h8-11,15H,4-7,12H2,1-3H3/p+1. The van der Waals surface area contributed by atoms with Crippen LogP contribution in [0.25, 0.3) is 0 Å². The van der Waals surface area contributed by atoms with Crippen LogP contribution in [0.3, 0.4) is 0 Å². The van der Waals surface area contributed by atoms with E-state index >= 15 is 0 Å². The van der Waals surface area contributed by atoms with Gasteiger partial charge in [0.05, 0.1) is 20.1 Å². The third-order valence-corrected chi connectivity index (χ3v) is 4.20. The summed E-state index contributed by atoms with van der Waals surface area (Å²) in [6.07, 6.45) is 5.13. The summed E-state index contributed by atoms with van der Waals surface area (Å²) in [4.78, 5) is 12.1. The topological polar surface area (TPSA) is 29.1 Å². The number of hydrogen-bond donors (Lipinski definition) is 1. The first-order valence-corrected chi connectivity index (χ1v) is 7.16. The summed E-state index contributed by atoms with van der Waals surface area (Å²) < 4.78 is 0.803. The van der Waals surface area contributed by atoms with Gasteiger partial charge in [0.1, 0.15) is 0 Å². The molecular weight excluding hydrogens is 236 g/mol. The molecule has 0 saturated heterocycles. The highest BCUT2D eigenvalue weighted by molar-refractivity contribution is 5.91. The maximum Gasteiger partial charge on any atom is 0.279 e. The van der Waals surface area contributed by atoms with E-state index < -0.39 is 0 Å². The highest BCUT2D eigenvalue weighted by Gasteiger charge is 2.32. The van der Waals surface area contributed by atoms with Crippen LogP contribution in [0.5, 0.6) is 0 Å². The zero-order valence-electron chi connectivity index (χ0n) is 12.3. The molecule has 1 amide bonds. The second kappa shape index (κ2) is 5.74. The predicted octanol–water partition coefficient (Wildman–Crippen LogP) is 2.95. The lowest BCUT2D eigenvalue weighted by Crippen LogP contribution is -2.51. The molecule has 3 nitrogen and oxygen atoms in total. The fraction of sp³-hybridized carbons (Fsp3) is 0.562. The first kappa shape index (κ1) is 14.1. The van der Waals surface area contributed by atoms with Crippen molar-refractivity contribution in [1.82, 2.24) is 0 Å². The van der Waals surface area contributed by atoms with Crippen LogP contribution in [0, 0.1) is 6.92 Å². The van der Waals surface area contributed by atoms with Crippen LogP contribution in [-0.4, -0.2) is 37.1 Å². The number of amides is 1. The van der Waals surface area contributed by atoms with Gasteiger partial charge in [0.15, 0.2) is 6.54 Å². The van der Waals surface area contributed by atoms with Crippen molar-refractivity contribution in [2.75, 3.05) is 26.0 Å². The quantitative estimate of drug-likeness (QED) is 0.830. The van der Waals surface area contributed by atoms with Gasteiger partial charge >= 0.3 is 0 Å². The number of likely N-dealkylation sites (N-methyl/N-ethyl adjacent to an activating group) is 1. The molecule has 1 saturated carbocycles. The molecule has 0 aliphatic heterocycles. The number of quaternary nitrogens is 1. The van der Waals surface area contributed by atoms with E-state index in [1.54, 1.807) is 0 Å². The molecule has 1 aromatic carbocycles. The minimum atomic E-state index is 0.112. The summed E-state index contributed by atoms with van der Waals surface area (Å²) in [7, 11) is 4.34. The molecule has 104 valence electrons. The van der Waals surface area contributed by atoms with Gasteiger partial charge in [-0.1, -0.05) is 17.7 Å². The summed E-state index contributed by atoms with van der Waals surface area (Å²) in [6.45, 7) is 2.60. The lowest BCUT2D eigenvalue weighted by atomic mass is 10.2. The minimum absolute atomic E-state index is 0.112. The van der Waals surface area contributed by atoms with E-state index in [0.29, 0.717) is 12.6 Å². The zero-order valence-corrected chi connectivity index (χ0v) is 12.3. The van der Waals surface area contributed by atoms with Crippen molar-refractivity contribution in [2.45, 2.75) is 38.6 Å². The van der Waals surface area contributed by atoms with Crippen LogP contribution in [0.4, 0.5) is 5.69 Å². The molecule has 3 heteroatoms. The molecule has 1 aliphatic carbocycles. The van der Waals surface area contributed by atoms with Gasteiger partial charge in [-0.05, 0) is 44.7 Å². The summed E-state index contributed by atoms with van der Waals surface area (Å²) in [5, 5.41) is 2.99. The van der Waals surface area contributed by atoms with E-state index in [9.17, 15) is 4.79 Å². The van der Waals surface area contributed by atoms with Crippen LogP contribution in [0.1, 0.15) is 31.2 Å². The third-order valence-electron chi connectivity index (χ3n) is 4.20. The number of benzene rings is 1. The molecule has 0 bridgehead atoms. The molecule has 1 N–H and O–H groups in total. The van der Waals surface area contributed by atoms with Crippen LogP contribution >= 0.6 is 0 Å². The molecule has 1 aliphatic rings. The van der Waals surface area contributed by atoms with Crippen molar-refractivity contribution in [3.8, 4) is 0 Å². The normalized spacial score (nSPS) is 16.6. The van der Waals surface area contributed by atoms with Crippen LogP contribution in [0.2, 0.25) is 0 Å². The summed E-state index contributed by atoms with van der Waals surface area (Å²) in [5.41, 5.74) is 2.10. The van der Waals surface area contributed by atoms with Crippen molar-refractivity contribution in [3.63, 3.8) is 0 Å². The van der Waals surface area contributed by atoms with E-state index in [4.69, 9.17) is 0 Å². The van der Waals surface area contributed by atoms with Crippen LogP contribution in [-0.2, 0) is 4.79 Å². The Labute approximate surface area is 116 Å². The number of nitrogens with zero attached hydrogens (tertiary/aromatic N) is 1. The van der Waals surface area contributed by atoms with Gasteiger partial charge in [-0.3, -0.25) is 4.79 Å². The number of carbonyl (C=O) groups excluding carboxylic acids is 1. The largest absolute Gasteiger partial charge is 0.321 e. The van der Waals surface area contributed by atoms with Crippen molar-refractivity contribution in [1.29, 1.82) is 0 Å². The summed E-state index contributed by atoms with van der Waals surface area (Å²) in [6, 6.07) is 8.61. The van der Waals surface area contributed by atoms with E-state index in [0.717, 1.165) is 10.2 Å². The fourth-order valence-electron chi connectivity index (χ4n) is 2.94. The van der Waals surface area contributed by atoms with E-state index in [-0.39, 0.29) is 5.91 Å². The molecule has 0 heterocycles. The van der Waals surface area contributed by atoms with Crippen molar-refractivity contribution in [3.05, 3.63) is 29.8 Å². The van der Waals surface area contributed by atoms with Gasteiger partial charge in [-0.2, -0.15) is 0 Å². The van der Waals surface area contributed by atoms with Gasteiger partial charge in [0.2, 0.25) is 0 Å². The highest BCUT2D eigenvalue weighted by Crippen LogP contribution is 2.26. The molecule has 2 rings (SSSR count). The smallest absolute Gasteiger partial charge is 0.279 e. The molecule has 1 fully saturated rings. The Morgan fingerprint density at radius 1 is 1.21 bits per heavy atom. The Kier molecular flexibility index (Phi) is 4.25. The average Bonchev–Trinajstić information content (AvgIpc) is 2.85. The Morgan fingerprint density at radius 2 is 1.79 bits per heavy atom. The summed E-state index contributed by atoms with van der Waals surface area (Å²) >= 11 is 0. The highest BCUT2D eigenvalue weighted by atomic mass is 16.2. The number of carbonyl (C=O) groups is 1. The molecule has 19 heavy (non-hydrogen) atoms. The van der Waals surface area contributed by atoms with Gasteiger partial charge in [-0.15, -0.1) is 0 Å². The molecule has 0 aromatic heterocycles. The Bertz CT molecular complexity index is 431. The van der Waals surface area contributed by atoms with Gasteiger partial charge in [0, 0.05) is 5.69 Å². The zero-order chi connectivity index (χ0) is 13.9. The maximum absolute atomic E-state index is 12.1. The van der Waals surface area contributed by atoms with E-state index in [1.807, 2.05) is 31.2 Å². The monoisotopic (exact) mass is 261 g/mol. The molecule has 0 atom stereocenters. The molecule has 0 radical (unpaired) electrons. The number of rotatable bonds is 4. The molecule has 1 aromatic rings. The van der Waals surface area contributed by atoms with Crippen molar-refractivity contribution >= 4 is 11.6 Å². The van der Waals surface area contributed by atoms with Gasteiger partial charge in [-0.25, -0.2) is 0 Å². The third kappa shape index (κ3) is 3.80. The number of hydrogen-bond acceptors (Lipinski definition) is 1. The number of aryl methyl sites for hydroxylation is 1. The first-order valence-electron chi connectivity index (χ1n) is 7.16. The fourth-order valence-corrected chi connectivity index (χ4v) is 2.94. The maximum atomic E-state index is 12.1. The summed E-state index contributed by atoms with van der Waals surface area (Å²) in [5.74, 6) is 0.112. The van der Waals surface area contributed by atoms with Gasteiger partial charge < -0.3 is 9.80 Å². The van der Waals surface area contributed by atoms with Crippen molar-refractivity contribution in [2.24, 2.45) is 0 Å². The second-order valence-corrected chi connectivity index (χ2v) is 6.29. The van der Waals surface area contributed by atoms with Crippen LogP contribution in [0.15, 0.2) is 24.3 Å².